The molecule has 0 spiro atoms. The largest absolute Gasteiger partial charge is 0.394 e. The Bertz CT molecular complexity index is 562. The van der Waals surface area contributed by atoms with Gasteiger partial charge in [0.15, 0.2) is 0 Å². The average Bonchev–Trinajstić information content (AvgIpc) is 2.61. The van der Waals surface area contributed by atoms with Crippen LogP contribution in [0.3, 0.4) is 0 Å². The predicted molar refractivity (Wildman–Crippen MR) is 102 cm³/mol. The van der Waals surface area contributed by atoms with Crippen LogP contribution in [0.5, 0.6) is 0 Å². The minimum absolute atomic E-state index is 0.0350. The van der Waals surface area contributed by atoms with Crippen molar-refractivity contribution in [2.75, 3.05) is 19.8 Å². The molecule has 0 bridgehead atoms. The minimum atomic E-state index is -1.33. The fourth-order valence-electron chi connectivity index (χ4n) is 4.11. The smallest absolute Gasteiger partial charge is 0.252 e. The van der Waals surface area contributed by atoms with E-state index >= 15 is 0 Å². The lowest BCUT2D eigenvalue weighted by molar-refractivity contribution is -0.156. The summed E-state index contributed by atoms with van der Waals surface area (Å²) in [5.74, 6) is 0.230. The van der Waals surface area contributed by atoms with E-state index in [0.29, 0.717) is 12.3 Å². The van der Waals surface area contributed by atoms with Crippen molar-refractivity contribution < 1.29 is 19.7 Å². The van der Waals surface area contributed by atoms with Crippen LogP contribution in [0, 0.1) is 17.8 Å². The summed E-state index contributed by atoms with van der Waals surface area (Å²) in [5, 5.41) is 23.2. The molecule has 4 atom stereocenters. The van der Waals surface area contributed by atoms with Crippen LogP contribution in [-0.4, -0.2) is 41.5 Å². The van der Waals surface area contributed by atoms with E-state index in [2.05, 4.69) is 26.1 Å². The van der Waals surface area contributed by atoms with Gasteiger partial charge in [0.1, 0.15) is 5.60 Å². The Kier molecular flexibility index (Phi) is 7.62. The van der Waals surface area contributed by atoms with Crippen molar-refractivity contribution in [3.8, 4) is 0 Å². The van der Waals surface area contributed by atoms with Crippen molar-refractivity contribution in [2.24, 2.45) is 17.8 Å². The molecule has 1 fully saturated rings. The number of ether oxygens (including phenoxy) is 1. The van der Waals surface area contributed by atoms with Crippen LogP contribution in [0.2, 0.25) is 0 Å². The highest BCUT2D eigenvalue weighted by Gasteiger charge is 2.48. The number of amides is 1. The summed E-state index contributed by atoms with van der Waals surface area (Å²) < 4.78 is 5.70. The molecule has 3 N–H and O–H groups in total. The van der Waals surface area contributed by atoms with Gasteiger partial charge in [0, 0.05) is 6.54 Å². The number of carbonyl (C=O) groups is 1. The number of hydrogen-bond donors (Lipinski definition) is 3. The fourth-order valence-corrected chi connectivity index (χ4v) is 4.11. The van der Waals surface area contributed by atoms with Gasteiger partial charge in [-0.25, -0.2) is 0 Å². The molecule has 5 heteroatoms. The van der Waals surface area contributed by atoms with Crippen molar-refractivity contribution in [3.05, 3.63) is 35.9 Å². The zero-order valence-electron chi connectivity index (χ0n) is 16.1. The Labute approximate surface area is 156 Å². The summed E-state index contributed by atoms with van der Waals surface area (Å²) in [7, 11) is 0. The molecule has 1 saturated carbocycles. The highest BCUT2D eigenvalue weighted by atomic mass is 16.5. The molecule has 1 aliphatic carbocycles. The number of aliphatic hydroxyl groups is 2. The van der Waals surface area contributed by atoms with Gasteiger partial charge in [-0.15, -0.1) is 0 Å². The first-order valence-corrected chi connectivity index (χ1v) is 9.66. The third-order valence-corrected chi connectivity index (χ3v) is 5.47. The van der Waals surface area contributed by atoms with Gasteiger partial charge in [-0.3, -0.25) is 4.79 Å². The van der Waals surface area contributed by atoms with Crippen LogP contribution >= 0.6 is 0 Å². The number of benzene rings is 1. The van der Waals surface area contributed by atoms with Crippen LogP contribution in [0.25, 0.3) is 0 Å². The van der Waals surface area contributed by atoms with Crippen LogP contribution in [0.1, 0.15) is 51.7 Å². The number of rotatable bonds is 8. The minimum Gasteiger partial charge on any atom is -0.394 e. The molecular formula is C21H33NO4. The summed E-state index contributed by atoms with van der Waals surface area (Å²) in [6.45, 7) is 6.61. The lowest BCUT2D eigenvalue weighted by atomic mass is 9.66. The van der Waals surface area contributed by atoms with Crippen molar-refractivity contribution in [3.63, 3.8) is 0 Å². The normalized spacial score (nSPS) is 27.3. The van der Waals surface area contributed by atoms with Crippen LogP contribution < -0.4 is 5.32 Å². The molecule has 0 saturated heterocycles. The molecule has 5 nitrogen and oxygen atoms in total. The van der Waals surface area contributed by atoms with Gasteiger partial charge < -0.3 is 20.3 Å². The molecule has 0 aliphatic heterocycles. The maximum atomic E-state index is 12.9. The molecular weight excluding hydrogens is 330 g/mol. The Morgan fingerprint density at radius 3 is 2.62 bits per heavy atom. The van der Waals surface area contributed by atoms with E-state index in [1.165, 1.54) is 0 Å². The lowest BCUT2D eigenvalue weighted by Gasteiger charge is -2.43. The Morgan fingerprint density at radius 2 is 2.00 bits per heavy atom. The molecule has 1 aromatic carbocycles. The zero-order valence-corrected chi connectivity index (χ0v) is 16.1. The second kappa shape index (κ2) is 9.49. The molecule has 2 rings (SSSR count). The van der Waals surface area contributed by atoms with Gasteiger partial charge >= 0.3 is 0 Å². The molecule has 1 aromatic rings. The maximum Gasteiger partial charge on any atom is 0.252 e. The van der Waals surface area contributed by atoms with Gasteiger partial charge in [0.25, 0.3) is 5.91 Å². The van der Waals surface area contributed by atoms with Gasteiger partial charge in [0.2, 0.25) is 0 Å². The first-order valence-electron chi connectivity index (χ1n) is 9.66. The number of hydrogen-bond acceptors (Lipinski definition) is 4. The molecule has 0 aromatic heterocycles. The third-order valence-electron chi connectivity index (χ3n) is 5.47. The van der Waals surface area contributed by atoms with Crippen LogP contribution in [-0.2, 0) is 9.53 Å². The molecule has 26 heavy (non-hydrogen) atoms. The summed E-state index contributed by atoms with van der Waals surface area (Å²) in [4.78, 5) is 12.9. The van der Waals surface area contributed by atoms with Crippen molar-refractivity contribution in [1.29, 1.82) is 0 Å². The quantitative estimate of drug-likeness (QED) is 0.663. The monoisotopic (exact) mass is 363 g/mol. The average molecular weight is 363 g/mol. The van der Waals surface area contributed by atoms with Crippen LogP contribution in [0.4, 0.5) is 0 Å². The molecule has 146 valence electrons. The highest BCUT2D eigenvalue weighted by molar-refractivity contribution is 5.85. The molecule has 0 heterocycles. The second-order valence-electron chi connectivity index (χ2n) is 7.87. The van der Waals surface area contributed by atoms with Crippen molar-refractivity contribution in [2.45, 2.75) is 51.7 Å². The maximum absolute atomic E-state index is 12.9. The lowest BCUT2D eigenvalue weighted by Crippen LogP contribution is -2.56. The molecule has 1 aliphatic rings. The van der Waals surface area contributed by atoms with Crippen molar-refractivity contribution >= 4 is 5.91 Å². The van der Waals surface area contributed by atoms with E-state index in [9.17, 15) is 9.90 Å². The SMILES string of the molecule is CC1CCC(C(C)C)[C@@](O)(C(=O)NCC(OCCO)c2ccccc2)C1. The topological polar surface area (TPSA) is 78.8 Å². The standard InChI is InChI=1S/C21H33NO4/c1-15(2)18-10-9-16(3)13-21(18,25)20(24)22-14-19(26-12-11-23)17-7-5-4-6-8-17/h4-8,15-16,18-19,23,25H,9-14H2,1-3H3,(H,22,24)/t16?,18?,19?,21-/m1/s1. The molecule has 1 amide bonds. The van der Waals surface area contributed by atoms with Gasteiger partial charge in [-0.2, -0.15) is 0 Å². The number of carbonyl (C=O) groups excluding carboxylic acids is 1. The van der Waals surface area contributed by atoms with E-state index in [1.807, 2.05) is 30.3 Å². The van der Waals surface area contributed by atoms with Crippen LogP contribution in [0.15, 0.2) is 30.3 Å². The summed E-state index contributed by atoms with van der Waals surface area (Å²) in [6.07, 6.45) is 2.06. The number of nitrogens with one attached hydrogen (secondary N) is 1. The van der Waals surface area contributed by atoms with E-state index in [0.717, 1.165) is 18.4 Å². The predicted octanol–water partition coefficient (Wildman–Crippen LogP) is 2.68. The zero-order chi connectivity index (χ0) is 19.2. The third kappa shape index (κ3) is 5.06. The number of aliphatic hydroxyl groups excluding tert-OH is 1. The van der Waals surface area contributed by atoms with Gasteiger partial charge in [0.05, 0.1) is 19.3 Å². The second-order valence-corrected chi connectivity index (χ2v) is 7.87. The summed E-state index contributed by atoms with van der Waals surface area (Å²) in [6, 6.07) is 9.62. The van der Waals surface area contributed by atoms with E-state index in [-0.39, 0.29) is 43.6 Å². The van der Waals surface area contributed by atoms with Gasteiger partial charge in [-0.1, -0.05) is 57.5 Å². The fraction of sp³-hybridized carbons (Fsp3) is 0.667. The Balaban J connectivity index is 2.07. The summed E-state index contributed by atoms with van der Waals surface area (Å²) in [5.41, 5.74) is -0.394. The van der Waals surface area contributed by atoms with Gasteiger partial charge in [-0.05, 0) is 36.2 Å². The van der Waals surface area contributed by atoms with E-state index < -0.39 is 5.60 Å². The first-order chi connectivity index (χ1) is 12.4. The first kappa shape index (κ1) is 20.9. The molecule has 3 unspecified atom stereocenters. The highest BCUT2D eigenvalue weighted by Crippen LogP contribution is 2.41. The van der Waals surface area contributed by atoms with E-state index in [4.69, 9.17) is 9.84 Å². The van der Waals surface area contributed by atoms with E-state index in [1.54, 1.807) is 0 Å². The molecule has 0 radical (unpaired) electrons. The Morgan fingerprint density at radius 1 is 1.31 bits per heavy atom. The van der Waals surface area contributed by atoms with Crippen molar-refractivity contribution in [1.82, 2.24) is 5.32 Å². The summed E-state index contributed by atoms with van der Waals surface area (Å²) >= 11 is 0. The Hall–Kier alpha value is -1.43.